The number of ether oxygens (including phenoxy) is 1. The molecule has 10 nitrogen and oxygen atoms in total. The van der Waals surface area contributed by atoms with Crippen LogP contribution < -0.4 is 16.0 Å². The molecule has 10 heteroatoms. The molecule has 2 fully saturated rings. The number of nitrogens with zero attached hydrogens (tertiary/aromatic N) is 4. The standard InChI is InChI=1S/C30H39N7O3/c1-2-36-12-3-5-23(36)19-32-30(39)21-6-9-27-26(17-21)34-29-24-18-22(7-8-25(24)33-28(38)20-37(27)29)31-10-4-11-35-13-15-40-16-14-35/h6-9,17-18,23,31H,2-5,10-16,19-20H2,1H3,(H,32,39)(H,33,38). The van der Waals surface area contributed by atoms with Crippen molar-refractivity contribution < 1.29 is 14.3 Å². The minimum absolute atomic E-state index is 0.0882. The second-order valence-electron chi connectivity index (χ2n) is 10.9. The van der Waals surface area contributed by atoms with Crippen molar-refractivity contribution in [2.45, 2.75) is 38.8 Å². The van der Waals surface area contributed by atoms with E-state index >= 15 is 0 Å². The number of rotatable bonds is 9. The Morgan fingerprint density at radius 1 is 1.15 bits per heavy atom. The van der Waals surface area contributed by atoms with Crippen molar-refractivity contribution in [2.24, 2.45) is 0 Å². The molecule has 3 aliphatic heterocycles. The summed E-state index contributed by atoms with van der Waals surface area (Å²) in [5.41, 5.74) is 4.74. The number of aromatic nitrogens is 2. The Labute approximate surface area is 235 Å². The molecule has 2 saturated heterocycles. The highest BCUT2D eigenvalue weighted by molar-refractivity contribution is 6.01. The van der Waals surface area contributed by atoms with E-state index in [1.165, 1.54) is 6.42 Å². The molecule has 40 heavy (non-hydrogen) atoms. The number of amides is 2. The van der Waals surface area contributed by atoms with E-state index in [1.54, 1.807) is 0 Å². The van der Waals surface area contributed by atoms with E-state index in [2.05, 4.69) is 38.7 Å². The third-order valence-corrected chi connectivity index (χ3v) is 8.33. The van der Waals surface area contributed by atoms with Crippen molar-refractivity contribution >= 4 is 34.2 Å². The quantitative estimate of drug-likeness (QED) is 0.355. The average molecular weight is 546 g/mol. The molecule has 4 heterocycles. The van der Waals surface area contributed by atoms with Crippen molar-refractivity contribution in [2.75, 3.05) is 69.7 Å². The molecule has 2 amide bonds. The molecule has 1 aromatic heterocycles. The van der Waals surface area contributed by atoms with E-state index in [0.717, 1.165) is 93.6 Å². The van der Waals surface area contributed by atoms with Crippen LogP contribution in [0.15, 0.2) is 36.4 Å². The van der Waals surface area contributed by atoms with Crippen molar-refractivity contribution in [1.29, 1.82) is 0 Å². The zero-order chi connectivity index (χ0) is 27.5. The molecule has 6 rings (SSSR count). The van der Waals surface area contributed by atoms with E-state index in [1.807, 2.05) is 34.9 Å². The van der Waals surface area contributed by atoms with Gasteiger partial charge in [-0.3, -0.25) is 19.4 Å². The van der Waals surface area contributed by atoms with Crippen LogP contribution in [-0.4, -0.2) is 96.2 Å². The van der Waals surface area contributed by atoms with Gasteiger partial charge < -0.3 is 25.3 Å². The molecule has 212 valence electrons. The Balaban J connectivity index is 1.18. The van der Waals surface area contributed by atoms with E-state index < -0.39 is 0 Å². The molecule has 1 unspecified atom stereocenters. The number of likely N-dealkylation sites (tertiary alicyclic amines) is 1. The second-order valence-corrected chi connectivity index (χ2v) is 10.9. The summed E-state index contributed by atoms with van der Waals surface area (Å²) < 4.78 is 7.38. The van der Waals surface area contributed by atoms with Crippen LogP contribution in [0.25, 0.3) is 22.4 Å². The van der Waals surface area contributed by atoms with Crippen LogP contribution in [0, 0.1) is 0 Å². The highest BCUT2D eigenvalue weighted by Gasteiger charge is 2.25. The first-order valence-electron chi connectivity index (χ1n) is 14.6. The van der Waals surface area contributed by atoms with Crippen LogP contribution in [-0.2, 0) is 16.1 Å². The molecular formula is C30H39N7O3. The lowest BCUT2D eigenvalue weighted by Crippen LogP contribution is -2.40. The van der Waals surface area contributed by atoms with E-state index in [-0.39, 0.29) is 18.4 Å². The fourth-order valence-corrected chi connectivity index (χ4v) is 6.13. The molecule has 0 spiro atoms. The summed E-state index contributed by atoms with van der Waals surface area (Å²) in [4.78, 5) is 35.6. The van der Waals surface area contributed by atoms with Gasteiger partial charge in [0.25, 0.3) is 5.91 Å². The highest BCUT2D eigenvalue weighted by atomic mass is 16.5. The van der Waals surface area contributed by atoms with Crippen LogP contribution in [0.3, 0.4) is 0 Å². The van der Waals surface area contributed by atoms with Gasteiger partial charge in [0.15, 0.2) is 0 Å². The SMILES string of the molecule is CCN1CCCC1CNC(=O)c1ccc2c(c1)nc1n2CC(=O)Nc2ccc(NCCCN3CCOCC3)cc2-1. The third-order valence-electron chi connectivity index (χ3n) is 8.33. The van der Waals surface area contributed by atoms with Crippen molar-refractivity contribution in [3.63, 3.8) is 0 Å². The van der Waals surface area contributed by atoms with Crippen LogP contribution in [0.2, 0.25) is 0 Å². The Bertz CT molecular complexity index is 1380. The maximum absolute atomic E-state index is 13.0. The van der Waals surface area contributed by atoms with Crippen molar-refractivity contribution in [3.05, 3.63) is 42.0 Å². The van der Waals surface area contributed by atoms with Crippen LogP contribution >= 0.6 is 0 Å². The molecule has 1 atom stereocenters. The van der Waals surface area contributed by atoms with Crippen LogP contribution in [0.4, 0.5) is 11.4 Å². The Hall–Kier alpha value is -3.47. The summed E-state index contributed by atoms with van der Waals surface area (Å²) in [5, 5.41) is 9.68. The summed E-state index contributed by atoms with van der Waals surface area (Å²) in [6.07, 6.45) is 3.34. The minimum atomic E-state index is -0.0932. The minimum Gasteiger partial charge on any atom is -0.385 e. The lowest BCUT2D eigenvalue weighted by Gasteiger charge is -2.26. The van der Waals surface area contributed by atoms with Crippen LogP contribution in [0.1, 0.15) is 36.5 Å². The van der Waals surface area contributed by atoms with Crippen LogP contribution in [0.5, 0.6) is 0 Å². The maximum atomic E-state index is 13.0. The number of hydrogen-bond donors (Lipinski definition) is 3. The van der Waals surface area contributed by atoms with Gasteiger partial charge in [-0.25, -0.2) is 4.98 Å². The average Bonchev–Trinajstić information content (AvgIpc) is 3.55. The van der Waals surface area contributed by atoms with Gasteiger partial charge in [0.05, 0.1) is 29.9 Å². The smallest absolute Gasteiger partial charge is 0.251 e. The summed E-state index contributed by atoms with van der Waals surface area (Å²) >= 11 is 0. The third kappa shape index (κ3) is 5.70. The first-order chi connectivity index (χ1) is 19.6. The van der Waals surface area contributed by atoms with Gasteiger partial charge in [-0.1, -0.05) is 6.92 Å². The molecule has 0 aliphatic carbocycles. The van der Waals surface area contributed by atoms with Gasteiger partial charge in [-0.2, -0.15) is 0 Å². The first kappa shape index (κ1) is 26.7. The first-order valence-corrected chi connectivity index (χ1v) is 14.6. The summed E-state index contributed by atoms with van der Waals surface area (Å²) in [6.45, 7) is 10.6. The summed E-state index contributed by atoms with van der Waals surface area (Å²) in [7, 11) is 0. The zero-order valence-corrected chi connectivity index (χ0v) is 23.2. The number of nitrogens with one attached hydrogen (secondary N) is 3. The number of imidazole rings is 1. The summed E-state index contributed by atoms with van der Waals surface area (Å²) in [6, 6.07) is 12.0. The van der Waals surface area contributed by atoms with Gasteiger partial charge in [0.2, 0.25) is 5.91 Å². The lowest BCUT2D eigenvalue weighted by atomic mass is 10.1. The zero-order valence-electron chi connectivity index (χ0n) is 23.2. The van der Waals surface area contributed by atoms with Gasteiger partial charge >= 0.3 is 0 Å². The molecule has 3 N–H and O–H groups in total. The van der Waals surface area contributed by atoms with Gasteiger partial charge in [0.1, 0.15) is 12.4 Å². The fourth-order valence-electron chi connectivity index (χ4n) is 6.13. The van der Waals surface area contributed by atoms with Gasteiger partial charge in [-0.15, -0.1) is 0 Å². The van der Waals surface area contributed by atoms with Crippen molar-refractivity contribution in [1.82, 2.24) is 24.7 Å². The number of hydrogen-bond acceptors (Lipinski definition) is 7. The van der Waals surface area contributed by atoms with Crippen molar-refractivity contribution in [3.8, 4) is 11.4 Å². The number of fused-ring (bicyclic) bond motifs is 5. The number of carbonyl (C=O) groups is 2. The molecule has 2 aromatic carbocycles. The number of anilines is 2. The molecule has 0 bridgehead atoms. The lowest BCUT2D eigenvalue weighted by molar-refractivity contribution is -0.116. The Morgan fingerprint density at radius 3 is 2.88 bits per heavy atom. The van der Waals surface area contributed by atoms with E-state index in [0.29, 0.717) is 23.7 Å². The highest BCUT2D eigenvalue weighted by Crippen LogP contribution is 2.35. The number of morpholine rings is 1. The second kappa shape index (κ2) is 12.0. The fraction of sp³-hybridized carbons (Fsp3) is 0.500. The Morgan fingerprint density at radius 2 is 2.02 bits per heavy atom. The topological polar surface area (TPSA) is 104 Å². The number of likely N-dealkylation sites (N-methyl/N-ethyl adjacent to an activating group) is 1. The molecule has 0 radical (unpaired) electrons. The Kier molecular flexibility index (Phi) is 7.99. The number of benzene rings is 2. The predicted octanol–water partition coefficient (Wildman–Crippen LogP) is 3.00. The van der Waals surface area contributed by atoms with Gasteiger partial charge in [0, 0.05) is 49.0 Å². The normalized spacial score (nSPS) is 19.6. The molecule has 3 aromatic rings. The largest absolute Gasteiger partial charge is 0.385 e. The van der Waals surface area contributed by atoms with Gasteiger partial charge in [-0.05, 0) is 75.3 Å². The monoisotopic (exact) mass is 545 g/mol. The predicted molar refractivity (Wildman–Crippen MR) is 157 cm³/mol. The molecule has 0 saturated carbocycles. The summed E-state index contributed by atoms with van der Waals surface area (Å²) in [5.74, 6) is 0.543. The maximum Gasteiger partial charge on any atom is 0.251 e. The van der Waals surface area contributed by atoms with E-state index in [4.69, 9.17) is 9.72 Å². The van der Waals surface area contributed by atoms with E-state index in [9.17, 15) is 9.59 Å². The molecule has 3 aliphatic rings. The number of carbonyl (C=O) groups excluding carboxylic acids is 2. The molecular weight excluding hydrogens is 506 g/mol.